The number of carbonyl (C=O) groups is 2. The molecule has 1 aliphatic rings. The monoisotopic (exact) mass is 313 g/mol. The first kappa shape index (κ1) is 15.3. The fourth-order valence-corrected chi connectivity index (χ4v) is 2.83. The number of amides is 2. The molecule has 6 nitrogen and oxygen atoms in total. The average Bonchev–Trinajstić information content (AvgIpc) is 3.11. The summed E-state index contributed by atoms with van der Waals surface area (Å²) in [6.45, 7) is 4.60. The molecule has 1 N–H and O–H groups in total. The van der Waals surface area contributed by atoms with Crippen LogP contribution in [0.15, 0.2) is 28.8 Å². The summed E-state index contributed by atoms with van der Waals surface area (Å²) in [7, 11) is 0. The Morgan fingerprint density at radius 2 is 2.22 bits per heavy atom. The number of rotatable bonds is 4. The lowest BCUT2D eigenvalue weighted by atomic mass is 10.1. The topological polar surface area (TPSA) is 75.4 Å². The van der Waals surface area contributed by atoms with Crippen LogP contribution >= 0.6 is 0 Å². The van der Waals surface area contributed by atoms with Gasteiger partial charge in [0.15, 0.2) is 0 Å². The van der Waals surface area contributed by atoms with E-state index in [0.717, 1.165) is 24.2 Å². The third-order valence-electron chi connectivity index (χ3n) is 4.01. The minimum Gasteiger partial charge on any atom is -0.361 e. The molecule has 2 heterocycles. The molecule has 1 aliphatic heterocycles. The van der Waals surface area contributed by atoms with Crippen molar-refractivity contribution in [3.63, 3.8) is 0 Å². The highest BCUT2D eigenvalue weighted by atomic mass is 16.5. The number of carbonyl (C=O) groups excluding carboxylic acids is 2. The number of benzene rings is 1. The minimum absolute atomic E-state index is 0.155. The first-order chi connectivity index (χ1) is 11.1. The van der Waals surface area contributed by atoms with Crippen molar-refractivity contribution in [2.24, 2.45) is 0 Å². The van der Waals surface area contributed by atoms with Crippen LogP contribution in [0.5, 0.6) is 0 Å². The Labute approximate surface area is 134 Å². The molecule has 23 heavy (non-hydrogen) atoms. The van der Waals surface area contributed by atoms with Gasteiger partial charge in [0.25, 0.3) is 5.91 Å². The Bertz CT molecular complexity index is 732. The van der Waals surface area contributed by atoms with Crippen molar-refractivity contribution >= 4 is 17.5 Å². The van der Waals surface area contributed by atoms with Gasteiger partial charge in [-0.1, -0.05) is 17.3 Å². The highest BCUT2D eigenvalue weighted by molar-refractivity contribution is 5.96. The van der Waals surface area contributed by atoms with E-state index in [9.17, 15) is 9.59 Å². The van der Waals surface area contributed by atoms with Crippen LogP contribution in [0.1, 0.15) is 40.2 Å². The minimum atomic E-state index is -0.205. The summed E-state index contributed by atoms with van der Waals surface area (Å²) in [5, 5.41) is 6.66. The fraction of sp³-hybridized carbons (Fsp3) is 0.353. The van der Waals surface area contributed by atoms with Crippen LogP contribution in [0.2, 0.25) is 0 Å². The van der Waals surface area contributed by atoms with Gasteiger partial charge in [0.1, 0.15) is 11.3 Å². The van der Waals surface area contributed by atoms with Gasteiger partial charge in [-0.25, -0.2) is 0 Å². The van der Waals surface area contributed by atoms with Crippen LogP contribution in [0.3, 0.4) is 0 Å². The first-order valence-corrected chi connectivity index (χ1v) is 7.66. The molecular weight excluding hydrogens is 294 g/mol. The zero-order valence-electron chi connectivity index (χ0n) is 13.3. The van der Waals surface area contributed by atoms with Crippen LogP contribution in [0, 0.1) is 13.8 Å². The maximum absolute atomic E-state index is 12.2. The predicted octanol–water partition coefficient (Wildman–Crippen LogP) is 2.35. The van der Waals surface area contributed by atoms with E-state index in [4.69, 9.17) is 4.52 Å². The van der Waals surface area contributed by atoms with Crippen molar-refractivity contribution < 1.29 is 14.1 Å². The normalized spacial score (nSPS) is 14.3. The molecule has 0 spiro atoms. The van der Waals surface area contributed by atoms with E-state index in [1.807, 2.05) is 24.3 Å². The lowest BCUT2D eigenvalue weighted by Crippen LogP contribution is -2.25. The predicted molar refractivity (Wildman–Crippen MR) is 85.2 cm³/mol. The Balaban J connectivity index is 1.69. The van der Waals surface area contributed by atoms with E-state index in [1.165, 1.54) is 0 Å². The molecule has 1 saturated heterocycles. The van der Waals surface area contributed by atoms with Crippen LogP contribution in [0.25, 0.3) is 0 Å². The third-order valence-corrected chi connectivity index (χ3v) is 4.01. The molecule has 6 heteroatoms. The molecule has 1 fully saturated rings. The van der Waals surface area contributed by atoms with Gasteiger partial charge in [0.05, 0.1) is 5.69 Å². The second-order valence-electron chi connectivity index (χ2n) is 5.70. The van der Waals surface area contributed by atoms with Crippen LogP contribution in [-0.4, -0.2) is 23.5 Å². The first-order valence-electron chi connectivity index (χ1n) is 7.66. The van der Waals surface area contributed by atoms with Crippen LogP contribution < -0.4 is 10.2 Å². The third kappa shape index (κ3) is 3.11. The van der Waals surface area contributed by atoms with Gasteiger partial charge in [-0.15, -0.1) is 0 Å². The number of aromatic nitrogens is 1. The molecule has 3 rings (SSSR count). The number of nitrogens with one attached hydrogen (secondary N) is 1. The van der Waals surface area contributed by atoms with Crippen LogP contribution in [0.4, 0.5) is 5.69 Å². The molecule has 1 aromatic heterocycles. The highest BCUT2D eigenvalue weighted by Gasteiger charge is 2.22. The molecule has 0 unspecified atom stereocenters. The van der Waals surface area contributed by atoms with E-state index in [2.05, 4.69) is 10.5 Å². The molecule has 0 bridgehead atoms. The Morgan fingerprint density at radius 3 is 2.87 bits per heavy atom. The van der Waals surface area contributed by atoms with E-state index >= 15 is 0 Å². The molecular formula is C17H19N3O3. The second-order valence-corrected chi connectivity index (χ2v) is 5.70. The maximum Gasteiger partial charge on any atom is 0.257 e. The molecule has 0 radical (unpaired) electrons. The van der Waals surface area contributed by atoms with Crippen LogP contribution in [-0.2, 0) is 11.3 Å². The standard InChI is InChI=1S/C17H19N3O3/c1-11-16(12(2)23-19-11)17(22)18-10-13-5-3-6-14(9-13)20-8-4-7-15(20)21/h3,5-6,9H,4,7-8,10H2,1-2H3,(H,18,22). The molecule has 0 atom stereocenters. The van der Waals surface area contributed by atoms with E-state index < -0.39 is 0 Å². The van der Waals surface area contributed by atoms with E-state index in [-0.39, 0.29) is 11.8 Å². The Hall–Kier alpha value is -2.63. The van der Waals surface area contributed by atoms with Crippen molar-refractivity contribution in [1.29, 1.82) is 0 Å². The molecule has 120 valence electrons. The summed E-state index contributed by atoms with van der Waals surface area (Å²) in [6, 6.07) is 7.69. The second kappa shape index (κ2) is 6.24. The van der Waals surface area contributed by atoms with Crippen molar-refractivity contribution in [2.45, 2.75) is 33.2 Å². The molecule has 1 aromatic carbocycles. The Morgan fingerprint density at radius 1 is 1.39 bits per heavy atom. The zero-order chi connectivity index (χ0) is 16.4. The van der Waals surface area contributed by atoms with Gasteiger partial charge in [-0.05, 0) is 38.0 Å². The fourth-order valence-electron chi connectivity index (χ4n) is 2.83. The Kier molecular flexibility index (Phi) is 4.14. The number of hydrogen-bond acceptors (Lipinski definition) is 4. The summed E-state index contributed by atoms with van der Waals surface area (Å²) >= 11 is 0. The lowest BCUT2D eigenvalue weighted by Gasteiger charge is -2.16. The maximum atomic E-state index is 12.2. The van der Waals surface area contributed by atoms with Gasteiger partial charge in [-0.2, -0.15) is 0 Å². The van der Waals surface area contributed by atoms with Gasteiger partial charge in [-0.3, -0.25) is 9.59 Å². The van der Waals surface area contributed by atoms with E-state index in [0.29, 0.717) is 30.0 Å². The van der Waals surface area contributed by atoms with Gasteiger partial charge in [0.2, 0.25) is 5.91 Å². The average molecular weight is 313 g/mol. The highest BCUT2D eigenvalue weighted by Crippen LogP contribution is 2.22. The number of aryl methyl sites for hydroxylation is 2. The van der Waals surface area contributed by atoms with Crippen molar-refractivity contribution in [1.82, 2.24) is 10.5 Å². The lowest BCUT2D eigenvalue weighted by molar-refractivity contribution is -0.117. The summed E-state index contributed by atoms with van der Waals surface area (Å²) in [4.78, 5) is 25.9. The molecule has 0 saturated carbocycles. The summed E-state index contributed by atoms with van der Waals surface area (Å²) in [6.07, 6.45) is 1.50. The SMILES string of the molecule is Cc1noc(C)c1C(=O)NCc1cccc(N2CCCC2=O)c1. The van der Waals surface area contributed by atoms with Crippen molar-refractivity contribution in [2.75, 3.05) is 11.4 Å². The summed E-state index contributed by atoms with van der Waals surface area (Å²) in [5.74, 6) is 0.460. The van der Waals surface area contributed by atoms with Crippen molar-refractivity contribution in [3.05, 3.63) is 46.8 Å². The van der Waals surface area contributed by atoms with E-state index in [1.54, 1.807) is 18.7 Å². The quantitative estimate of drug-likeness (QED) is 0.940. The zero-order valence-corrected chi connectivity index (χ0v) is 13.3. The number of nitrogens with zero attached hydrogens (tertiary/aromatic N) is 2. The smallest absolute Gasteiger partial charge is 0.257 e. The number of anilines is 1. The largest absolute Gasteiger partial charge is 0.361 e. The summed E-state index contributed by atoms with van der Waals surface area (Å²) < 4.78 is 5.01. The van der Waals surface area contributed by atoms with Gasteiger partial charge in [0, 0.05) is 25.2 Å². The van der Waals surface area contributed by atoms with Crippen molar-refractivity contribution in [3.8, 4) is 0 Å². The summed E-state index contributed by atoms with van der Waals surface area (Å²) in [5.41, 5.74) is 2.89. The van der Waals surface area contributed by atoms with Gasteiger partial charge < -0.3 is 14.7 Å². The molecule has 0 aliphatic carbocycles. The molecule has 2 aromatic rings. The van der Waals surface area contributed by atoms with Gasteiger partial charge >= 0.3 is 0 Å². The molecule has 2 amide bonds. The number of hydrogen-bond donors (Lipinski definition) is 1.